The van der Waals surface area contributed by atoms with Crippen molar-refractivity contribution in [3.05, 3.63) is 24.4 Å². The Balaban J connectivity index is 1.94. The van der Waals surface area contributed by atoms with Crippen molar-refractivity contribution >= 4 is 26.6 Å². The number of nitrogens with two attached hydrogens (primary N) is 1. The molecular weight excluding hydrogens is 290 g/mol. The summed E-state index contributed by atoms with van der Waals surface area (Å²) in [6.07, 6.45) is 2.98. The Morgan fingerprint density at radius 3 is 3.00 bits per heavy atom. The first-order valence-corrected chi connectivity index (χ1v) is 8.44. The second-order valence-electron chi connectivity index (χ2n) is 5.49. The molecule has 4 N–H and O–H groups in total. The van der Waals surface area contributed by atoms with Crippen molar-refractivity contribution in [2.75, 3.05) is 25.4 Å². The molecule has 1 aromatic carbocycles. The fourth-order valence-corrected chi connectivity index (χ4v) is 4.60. The maximum Gasteiger partial charge on any atom is 0.245 e. The zero-order chi connectivity index (χ0) is 15.0. The van der Waals surface area contributed by atoms with Crippen molar-refractivity contribution in [3.63, 3.8) is 0 Å². The maximum absolute atomic E-state index is 12.8. The van der Waals surface area contributed by atoms with Crippen LogP contribution >= 0.6 is 0 Å². The number of anilines is 1. The Kier molecular flexibility index (Phi) is 3.64. The second kappa shape index (κ2) is 5.32. The van der Waals surface area contributed by atoms with Gasteiger partial charge in [-0.3, -0.25) is 0 Å². The fraction of sp³-hybridized carbons (Fsp3) is 0.429. The summed E-state index contributed by atoms with van der Waals surface area (Å²) in [5.74, 6) is 0.241. The van der Waals surface area contributed by atoms with Gasteiger partial charge in [-0.05, 0) is 37.0 Å². The summed E-state index contributed by atoms with van der Waals surface area (Å²) in [5, 5.41) is 9.64. The number of aliphatic hydroxyl groups is 1. The quantitative estimate of drug-likeness (QED) is 0.737. The number of nitrogens with zero attached hydrogens (tertiary/aromatic N) is 1. The maximum atomic E-state index is 12.8. The monoisotopic (exact) mass is 309 g/mol. The van der Waals surface area contributed by atoms with Crippen LogP contribution in [-0.2, 0) is 10.0 Å². The van der Waals surface area contributed by atoms with Gasteiger partial charge in [0.2, 0.25) is 10.0 Å². The number of aromatic amines is 1. The first-order valence-electron chi connectivity index (χ1n) is 7.00. The van der Waals surface area contributed by atoms with Crippen LogP contribution in [0, 0.1) is 5.92 Å². The molecule has 1 atom stereocenters. The molecule has 1 fully saturated rings. The number of fused-ring (bicyclic) bond motifs is 1. The van der Waals surface area contributed by atoms with Crippen molar-refractivity contribution in [1.29, 1.82) is 0 Å². The molecule has 1 saturated heterocycles. The molecule has 7 heteroatoms. The Bertz CT molecular complexity index is 754. The van der Waals surface area contributed by atoms with Gasteiger partial charge in [0.25, 0.3) is 0 Å². The number of sulfonamides is 1. The van der Waals surface area contributed by atoms with E-state index in [2.05, 4.69) is 4.98 Å². The number of hydrogen-bond acceptors (Lipinski definition) is 4. The highest BCUT2D eigenvalue weighted by Gasteiger charge is 2.33. The van der Waals surface area contributed by atoms with Gasteiger partial charge in [-0.25, -0.2) is 8.42 Å². The summed E-state index contributed by atoms with van der Waals surface area (Å²) >= 11 is 0. The van der Waals surface area contributed by atoms with E-state index in [-0.39, 0.29) is 12.5 Å². The Morgan fingerprint density at radius 1 is 1.43 bits per heavy atom. The van der Waals surface area contributed by atoms with E-state index in [4.69, 9.17) is 10.8 Å². The van der Waals surface area contributed by atoms with Crippen LogP contribution in [0.25, 0.3) is 10.9 Å². The standard InChI is InChI=1S/C14H19N3O3S/c15-11-1-2-12-13(7-11)16-8-14(12)21(19,20)17-5-3-10(9-17)4-6-18/h1-2,7-8,10,16,18H,3-6,9,15H2. The molecule has 0 amide bonds. The van der Waals surface area contributed by atoms with Gasteiger partial charge in [-0.2, -0.15) is 4.31 Å². The SMILES string of the molecule is Nc1ccc2c(S(=O)(=O)N3CCC(CCO)C3)c[nH]c2c1. The van der Waals surface area contributed by atoms with Crippen molar-refractivity contribution < 1.29 is 13.5 Å². The Hall–Kier alpha value is -1.57. The molecule has 0 aliphatic carbocycles. The van der Waals surface area contributed by atoms with Crippen LogP contribution in [0.1, 0.15) is 12.8 Å². The summed E-state index contributed by atoms with van der Waals surface area (Å²) in [4.78, 5) is 3.26. The van der Waals surface area contributed by atoms with Crippen LogP contribution in [0.2, 0.25) is 0 Å². The molecule has 0 spiro atoms. The average Bonchev–Trinajstić information content (AvgIpc) is 3.05. The van der Waals surface area contributed by atoms with Crippen LogP contribution in [0.3, 0.4) is 0 Å². The molecule has 21 heavy (non-hydrogen) atoms. The van der Waals surface area contributed by atoms with Crippen LogP contribution in [0.5, 0.6) is 0 Å². The van der Waals surface area contributed by atoms with Gasteiger partial charge in [0.15, 0.2) is 0 Å². The van der Waals surface area contributed by atoms with E-state index in [0.717, 1.165) is 11.9 Å². The molecule has 0 bridgehead atoms. The van der Waals surface area contributed by atoms with Crippen molar-refractivity contribution in [3.8, 4) is 0 Å². The van der Waals surface area contributed by atoms with Gasteiger partial charge < -0.3 is 15.8 Å². The molecule has 1 aliphatic heterocycles. The van der Waals surface area contributed by atoms with Gasteiger partial charge in [-0.1, -0.05) is 0 Å². The lowest BCUT2D eigenvalue weighted by atomic mass is 10.1. The number of nitrogens with one attached hydrogen (secondary N) is 1. The van der Waals surface area contributed by atoms with E-state index in [1.807, 2.05) is 0 Å². The molecule has 1 aliphatic rings. The first kappa shape index (κ1) is 14.4. The number of aliphatic hydroxyl groups excluding tert-OH is 1. The number of aromatic nitrogens is 1. The number of hydrogen-bond donors (Lipinski definition) is 3. The van der Waals surface area contributed by atoms with Crippen LogP contribution in [0.4, 0.5) is 5.69 Å². The molecule has 114 valence electrons. The third-order valence-electron chi connectivity index (χ3n) is 4.07. The van der Waals surface area contributed by atoms with Crippen LogP contribution < -0.4 is 5.73 Å². The predicted molar refractivity (Wildman–Crippen MR) is 81.3 cm³/mol. The van der Waals surface area contributed by atoms with Gasteiger partial charge >= 0.3 is 0 Å². The molecule has 0 radical (unpaired) electrons. The summed E-state index contributed by atoms with van der Waals surface area (Å²) in [5.41, 5.74) is 7.03. The third-order valence-corrected chi connectivity index (χ3v) is 5.98. The van der Waals surface area contributed by atoms with Gasteiger partial charge in [-0.15, -0.1) is 0 Å². The minimum atomic E-state index is -3.51. The Morgan fingerprint density at radius 2 is 2.24 bits per heavy atom. The fourth-order valence-electron chi connectivity index (χ4n) is 2.90. The van der Waals surface area contributed by atoms with E-state index >= 15 is 0 Å². The lowest BCUT2D eigenvalue weighted by Gasteiger charge is -2.16. The van der Waals surface area contributed by atoms with Gasteiger partial charge in [0, 0.05) is 42.5 Å². The van der Waals surface area contributed by atoms with Crippen molar-refractivity contribution in [2.45, 2.75) is 17.7 Å². The second-order valence-corrected chi connectivity index (χ2v) is 7.39. The summed E-state index contributed by atoms with van der Waals surface area (Å²) in [6.45, 7) is 1.09. The minimum absolute atomic E-state index is 0.102. The van der Waals surface area contributed by atoms with E-state index in [9.17, 15) is 8.42 Å². The molecule has 6 nitrogen and oxygen atoms in total. The first-order chi connectivity index (χ1) is 10.0. The lowest BCUT2D eigenvalue weighted by Crippen LogP contribution is -2.28. The van der Waals surface area contributed by atoms with E-state index < -0.39 is 10.0 Å². The highest BCUT2D eigenvalue weighted by molar-refractivity contribution is 7.89. The molecule has 3 rings (SSSR count). The Labute approximate surface area is 123 Å². The molecule has 1 unspecified atom stereocenters. The van der Waals surface area contributed by atoms with Gasteiger partial charge in [0.05, 0.1) is 0 Å². The van der Waals surface area contributed by atoms with E-state index in [1.165, 1.54) is 10.5 Å². The average molecular weight is 309 g/mol. The lowest BCUT2D eigenvalue weighted by molar-refractivity contribution is 0.260. The molecular formula is C14H19N3O3S. The normalized spacial score (nSPS) is 20.3. The highest BCUT2D eigenvalue weighted by atomic mass is 32.2. The zero-order valence-corrected chi connectivity index (χ0v) is 12.4. The van der Waals surface area contributed by atoms with Crippen LogP contribution in [-0.4, -0.2) is 42.5 Å². The predicted octanol–water partition coefficient (Wildman–Crippen LogP) is 1.14. The number of H-pyrrole nitrogens is 1. The zero-order valence-electron chi connectivity index (χ0n) is 11.6. The number of nitrogen functional groups attached to an aromatic ring is 1. The van der Waals surface area contributed by atoms with Gasteiger partial charge in [0.1, 0.15) is 4.90 Å². The molecule has 2 heterocycles. The van der Waals surface area contributed by atoms with Crippen molar-refractivity contribution in [1.82, 2.24) is 9.29 Å². The summed E-state index contributed by atoms with van der Waals surface area (Å²) < 4.78 is 27.0. The van der Waals surface area contributed by atoms with E-state index in [0.29, 0.717) is 35.5 Å². The number of rotatable bonds is 4. The van der Waals surface area contributed by atoms with Crippen LogP contribution in [0.15, 0.2) is 29.3 Å². The largest absolute Gasteiger partial charge is 0.399 e. The molecule has 0 saturated carbocycles. The summed E-state index contributed by atoms with van der Waals surface area (Å²) in [7, 11) is -3.51. The molecule has 2 aromatic rings. The number of benzene rings is 1. The van der Waals surface area contributed by atoms with Crippen molar-refractivity contribution in [2.24, 2.45) is 5.92 Å². The van der Waals surface area contributed by atoms with E-state index in [1.54, 1.807) is 18.2 Å². The highest BCUT2D eigenvalue weighted by Crippen LogP contribution is 2.30. The minimum Gasteiger partial charge on any atom is -0.399 e. The molecule has 1 aromatic heterocycles. The smallest absolute Gasteiger partial charge is 0.245 e. The topological polar surface area (TPSA) is 99.4 Å². The third kappa shape index (κ3) is 2.52. The summed E-state index contributed by atoms with van der Waals surface area (Å²) in [6, 6.07) is 5.16.